The monoisotopic (exact) mass is 360 g/mol. The van der Waals surface area contributed by atoms with E-state index in [4.69, 9.17) is 0 Å². The third kappa shape index (κ3) is 3.35. The molecule has 1 aliphatic rings. The Hall–Kier alpha value is -3.04. The van der Waals surface area contributed by atoms with Crippen molar-refractivity contribution >= 4 is 17.5 Å². The molecule has 10 heteroatoms. The van der Waals surface area contributed by atoms with Gasteiger partial charge in [0.2, 0.25) is 5.82 Å². The minimum atomic E-state index is -0.653. The van der Waals surface area contributed by atoms with Crippen molar-refractivity contribution in [1.29, 1.82) is 0 Å². The highest BCUT2D eigenvalue weighted by Crippen LogP contribution is 2.33. The summed E-state index contributed by atoms with van der Waals surface area (Å²) < 4.78 is 6.60. The minimum Gasteiger partial charge on any atom is -0.465 e. The topological polar surface area (TPSA) is 116 Å². The predicted molar refractivity (Wildman–Crippen MR) is 92.1 cm³/mol. The summed E-state index contributed by atoms with van der Waals surface area (Å²) in [4.78, 5) is 28.7. The molecule has 0 N–H and O–H groups in total. The maximum Gasteiger partial charge on any atom is 0.339 e. The van der Waals surface area contributed by atoms with Crippen LogP contribution in [0.15, 0.2) is 18.6 Å². The molecule has 0 spiro atoms. The van der Waals surface area contributed by atoms with Crippen molar-refractivity contribution < 1.29 is 14.5 Å². The van der Waals surface area contributed by atoms with Gasteiger partial charge in [-0.2, -0.15) is 0 Å². The Morgan fingerprint density at radius 3 is 3.00 bits per heavy atom. The highest BCUT2D eigenvalue weighted by molar-refractivity contribution is 5.90. The van der Waals surface area contributed by atoms with Crippen molar-refractivity contribution in [3.8, 4) is 0 Å². The lowest BCUT2D eigenvalue weighted by Gasteiger charge is -2.32. The van der Waals surface area contributed by atoms with Gasteiger partial charge in [0, 0.05) is 37.8 Å². The van der Waals surface area contributed by atoms with E-state index in [1.165, 1.54) is 19.4 Å². The number of methoxy groups -OCH3 is 1. The van der Waals surface area contributed by atoms with Crippen LogP contribution in [0.3, 0.4) is 0 Å². The van der Waals surface area contributed by atoms with E-state index < -0.39 is 10.9 Å². The molecule has 1 fully saturated rings. The summed E-state index contributed by atoms with van der Waals surface area (Å²) in [7, 11) is 1.22. The van der Waals surface area contributed by atoms with Gasteiger partial charge in [-0.25, -0.2) is 9.78 Å². The van der Waals surface area contributed by atoms with Gasteiger partial charge in [-0.3, -0.25) is 10.1 Å². The number of hydrogen-bond donors (Lipinski definition) is 0. The van der Waals surface area contributed by atoms with Crippen LogP contribution >= 0.6 is 0 Å². The van der Waals surface area contributed by atoms with Crippen LogP contribution in [0.5, 0.6) is 0 Å². The molecule has 26 heavy (non-hydrogen) atoms. The van der Waals surface area contributed by atoms with Crippen molar-refractivity contribution in [1.82, 2.24) is 19.7 Å². The van der Waals surface area contributed by atoms with E-state index in [-0.39, 0.29) is 23.0 Å². The molecule has 2 aromatic heterocycles. The molecule has 1 atom stereocenters. The lowest BCUT2D eigenvalue weighted by atomic mass is 9.97. The standard InChI is InChI=1S/C16H20N6O4/c1-3-20-10-18-19-14(20)11-5-4-6-21(9-11)15-13(22(24)25)7-12(8-17-15)16(23)26-2/h7-8,10-11H,3-6,9H2,1-2H3. The van der Waals surface area contributed by atoms with Crippen LogP contribution in [0.2, 0.25) is 0 Å². The number of anilines is 1. The lowest BCUT2D eigenvalue weighted by Crippen LogP contribution is -2.36. The van der Waals surface area contributed by atoms with Crippen LogP contribution in [0.1, 0.15) is 41.9 Å². The number of pyridine rings is 1. The SMILES string of the molecule is CCn1cnnc1C1CCCN(c2ncc(C(=O)OC)cc2[N+](=O)[O-])C1. The van der Waals surface area contributed by atoms with Crippen LogP contribution < -0.4 is 4.90 Å². The summed E-state index contributed by atoms with van der Waals surface area (Å²) in [6.07, 6.45) is 4.80. The van der Waals surface area contributed by atoms with E-state index >= 15 is 0 Å². The van der Waals surface area contributed by atoms with Gasteiger partial charge in [0.15, 0.2) is 0 Å². The van der Waals surface area contributed by atoms with E-state index in [1.54, 1.807) is 6.33 Å². The second kappa shape index (κ2) is 7.46. The zero-order valence-electron chi connectivity index (χ0n) is 14.7. The van der Waals surface area contributed by atoms with Crippen molar-refractivity contribution in [2.75, 3.05) is 25.1 Å². The normalized spacial score (nSPS) is 17.2. The number of rotatable bonds is 5. The molecule has 0 aliphatic carbocycles. The fourth-order valence-electron chi connectivity index (χ4n) is 3.26. The summed E-state index contributed by atoms with van der Waals surface area (Å²) in [5.41, 5.74) is -0.146. The number of hydrogen-bond acceptors (Lipinski definition) is 8. The highest BCUT2D eigenvalue weighted by atomic mass is 16.6. The molecule has 0 aromatic carbocycles. The molecule has 0 radical (unpaired) electrons. The molecular formula is C16H20N6O4. The fraction of sp³-hybridized carbons (Fsp3) is 0.500. The first-order valence-corrected chi connectivity index (χ1v) is 8.40. The Labute approximate surface area is 150 Å². The molecule has 0 bridgehead atoms. The first-order valence-electron chi connectivity index (χ1n) is 8.40. The van der Waals surface area contributed by atoms with Crippen LogP contribution in [-0.2, 0) is 11.3 Å². The zero-order chi connectivity index (χ0) is 18.7. The van der Waals surface area contributed by atoms with E-state index in [1.807, 2.05) is 16.4 Å². The Morgan fingerprint density at radius 2 is 2.31 bits per heavy atom. The summed E-state index contributed by atoms with van der Waals surface area (Å²) in [6, 6.07) is 1.21. The van der Waals surface area contributed by atoms with Crippen LogP contribution in [-0.4, -0.2) is 50.8 Å². The van der Waals surface area contributed by atoms with Gasteiger partial charge in [-0.15, -0.1) is 10.2 Å². The van der Waals surface area contributed by atoms with Crippen molar-refractivity contribution in [3.63, 3.8) is 0 Å². The van der Waals surface area contributed by atoms with E-state index in [0.717, 1.165) is 25.2 Å². The molecule has 3 rings (SSSR count). The number of carbonyl (C=O) groups excluding carboxylic acids is 1. The zero-order valence-corrected chi connectivity index (χ0v) is 14.7. The van der Waals surface area contributed by atoms with Gasteiger partial charge in [0.1, 0.15) is 12.2 Å². The highest BCUT2D eigenvalue weighted by Gasteiger charge is 2.30. The van der Waals surface area contributed by atoms with Gasteiger partial charge < -0.3 is 14.2 Å². The molecule has 10 nitrogen and oxygen atoms in total. The number of nitrogens with zero attached hydrogens (tertiary/aromatic N) is 6. The predicted octanol–water partition coefficient (Wildman–Crippen LogP) is 1.77. The number of aromatic nitrogens is 4. The second-order valence-electron chi connectivity index (χ2n) is 6.08. The maximum absolute atomic E-state index is 11.6. The van der Waals surface area contributed by atoms with E-state index in [9.17, 15) is 14.9 Å². The first kappa shape index (κ1) is 17.8. The molecular weight excluding hydrogens is 340 g/mol. The molecule has 1 unspecified atom stereocenters. The second-order valence-corrected chi connectivity index (χ2v) is 6.08. The lowest BCUT2D eigenvalue weighted by molar-refractivity contribution is -0.384. The molecule has 2 aromatic rings. The van der Waals surface area contributed by atoms with Gasteiger partial charge >= 0.3 is 11.7 Å². The number of nitro groups is 1. The molecule has 0 amide bonds. The Kier molecular flexibility index (Phi) is 5.10. The van der Waals surface area contributed by atoms with Crippen molar-refractivity contribution in [2.24, 2.45) is 0 Å². The number of esters is 1. The Balaban J connectivity index is 1.90. The Morgan fingerprint density at radius 1 is 1.50 bits per heavy atom. The maximum atomic E-state index is 11.6. The largest absolute Gasteiger partial charge is 0.465 e. The van der Waals surface area contributed by atoms with Crippen molar-refractivity contribution in [2.45, 2.75) is 32.2 Å². The first-order chi connectivity index (χ1) is 12.5. The minimum absolute atomic E-state index is 0.0576. The Bertz CT molecular complexity index is 821. The van der Waals surface area contributed by atoms with Crippen LogP contribution in [0, 0.1) is 10.1 Å². The smallest absolute Gasteiger partial charge is 0.339 e. The number of ether oxygens (including phenoxy) is 1. The third-order valence-corrected chi connectivity index (χ3v) is 4.54. The molecule has 138 valence electrons. The van der Waals surface area contributed by atoms with Gasteiger partial charge in [0.25, 0.3) is 0 Å². The number of aryl methyl sites for hydroxylation is 1. The summed E-state index contributed by atoms with van der Waals surface area (Å²) in [5.74, 6) is 0.605. The summed E-state index contributed by atoms with van der Waals surface area (Å²) in [6.45, 7) is 4.00. The van der Waals surface area contributed by atoms with E-state index in [0.29, 0.717) is 13.1 Å². The molecule has 3 heterocycles. The average molecular weight is 360 g/mol. The van der Waals surface area contributed by atoms with Gasteiger partial charge in [-0.1, -0.05) is 0 Å². The fourth-order valence-corrected chi connectivity index (χ4v) is 3.26. The number of piperidine rings is 1. The van der Waals surface area contributed by atoms with Crippen molar-refractivity contribution in [3.05, 3.63) is 40.1 Å². The van der Waals surface area contributed by atoms with Gasteiger partial charge in [0.05, 0.1) is 17.6 Å². The quantitative estimate of drug-likeness (QED) is 0.450. The number of carbonyl (C=O) groups is 1. The van der Waals surface area contributed by atoms with E-state index in [2.05, 4.69) is 19.9 Å². The molecule has 1 aliphatic heterocycles. The molecule has 1 saturated heterocycles. The van der Waals surface area contributed by atoms with Gasteiger partial charge in [-0.05, 0) is 19.8 Å². The van der Waals surface area contributed by atoms with Crippen LogP contribution in [0.25, 0.3) is 0 Å². The average Bonchev–Trinajstić information content (AvgIpc) is 3.15. The summed E-state index contributed by atoms with van der Waals surface area (Å²) in [5, 5.41) is 19.7. The third-order valence-electron chi connectivity index (χ3n) is 4.54. The van der Waals surface area contributed by atoms with Crippen LogP contribution in [0.4, 0.5) is 11.5 Å². The molecule has 0 saturated carbocycles. The summed E-state index contributed by atoms with van der Waals surface area (Å²) >= 11 is 0.